The van der Waals surface area contributed by atoms with Crippen LogP contribution in [0.4, 0.5) is 5.82 Å². The van der Waals surface area contributed by atoms with Crippen LogP contribution in [0.25, 0.3) is 0 Å². The Labute approximate surface area is 137 Å². The maximum atomic E-state index is 6.00. The van der Waals surface area contributed by atoms with Crippen LogP contribution in [0.3, 0.4) is 0 Å². The number of nitrogens with zero attached hydrogens (tertiary/aromatic N) is 1. The summed E-state index contributed by atoms with van der Waals surface area (Å²) in [4.78, 5) is 0. The van der Waals surface area contributed by atoms with E-state index in [9.17, 15) is 0 Å². The third-order valence-corrected chi connectivity index (χ3v) is 5.34. The van der Waals surface area contributed by atoms with Crippen molar-refractivity contribution in [2.45, 2.75) is 31.8 Å². The molecule has 4 heteroatoms. The lowest BCUT2D eigenvalue weighted by Gasteiger charge is -2.40. The smallest absolute Gasteiger partial charge is 0.279 e. The minimum absolute atomic E-state index is 0.00165. The summed E-state index contributed by atoms with van der Waals surface area (Å²) < 4.78 is 13.7. The molecule has 0 unspecified atom stereocenters. The first-order valence-corrected chi connectivity index (χ1v) is 8.19. The Morgan fingerprint density at radius 3 is 2.91 bits per heavy atom. The van der Waals surface area contributed by atoms with E-state index in [4.69, 9.17) is 9.47 Å². The van der Waals surface area contributed by atoms with Gasteiger partial charge in [-0.2, -0.15) is 0 Å². The third kappa shape index (κ3) is 2.16. The third-order valence-electron chi connectivity index (χ3n) is 5.34. The molecule has 2 atom stereocenters. The van der Waals surface area contributed by atoms with Gasteiger partial charge >= 0.3 is 0 Å². The number of hydrogen-bond donors (Lipinski definition) is 1. The molecule has 2 aliphatic rings. The Balaban J connectivity index is 1.87. The molecular weight excluding hydrogens is 288 g/mol. The van der Waals surface area contributed by atoms with Crippen molar-refractivity contribution < 1.29 is 14.0 Å². The fourth-order valence-electron chi connectivity index (χ4n) is 4.05. The molecule has 0 amide bonds. The van der Waals surface area contributed by atoms with Gasteiger partial charge in [0.1, 0.15) is 23.1 Å². The van der Waals surface area contributed by atoms with Crippen molar-refractivity contribution in [1.29, 1.82) is 0 Å². The minimum atomic E-state index is -0.00165. The average Bonchev–Trinajstić information content (AvgIpc) is 2.75. The lowest BCUT2D eigenvalue weighted by Crippen LogP contribution is -2.63. The highest BCUT2D eigenvalue weighted by molar-refractivity contribution is 5.46. The summed E-state index contributed by atoms with van der Waals surface area (Å²) in [7, 11) is 1.71. The molecule has 0 spiro atoms. The number of hydrogen-bond acceptors (Lipinski definition) is 3. The maximum Gasteiger partial charge on any atom is 0.279 e. The zero-order valence-electron chi connectivity index (χ0n) is 13.9. The van der Waals surface area contributed by atoms with Gasteiger partial charge in [-0.25, -0.2) is 4.57 Å². The molecule has 23 heavy (non-hydrogen) atoms. The Kier molecular flexibility index (Phi) is 3.22. The molecule has 120 valence electrons. The van der Waals surface area contributed by atoms with E-state index < -0.39 is 0 Å². The summed E-state index contributed by atoms with van der Waals surface area (Å²) in [5, 5.41) is 3.73. The molecule has 3 heterocycles. The van der Waals surface area contributed by atoms with Crippen molar-refractivity contribution in [1.82, 2.24) is 0 Å². The van der Waals surface area contributed by atoms with E-state index >= 15 is 0 Å². The highest BCUT2D eigenvalue weighted by Gasteiger charge is 2.49. The number of fused-ring (bicyclic) bond motifs is 4. The Hall–Kier alpha value is -2.23. The fraction of sp³-hybridized carbons (Fsp3) is 0.421. The van der Waals surface area contributed by atoms with Gasteiger partial charge in [-0.15, -0.1) is 0 Å². The topological polar surface area (TPSA) is 34.4 Å². The molecule has 2 aliphatic heterocycles. The summed E-state index contributed by atoms with van der Waals surface area (Å²) in [6.45, 7) is 5.39. The minimum Gasteiger partial charge on any atom is -0.496 e. The standard InChI is InChI=1S/C19H22N2O2/c1-19(2)15-9-11-23-16-7-5-4-6-14(16)18(15)20-17-12-13(22-3)8-10-21(17)19/h4-8,10,12,15,18H,9,11H2,1-3H3/p+1/t15-,18+/m0/s1. The van der Waals surface area contributed by atoms with Crippen LogP contribution in [0.15, 0.2) is 42.6 Å². The predicted octanol–water partition coefficient (Wildman–Crippen LogP) is 3.28. The molecular formula is C19H23N2O2+. The molecule has 0 radical (unpaired) electrons. The predicted molar refractivity (Wildman–Crippen MR) is 88.9 cm³/mol. The second kappa shape index (κ2) is 5.15. The van der Waals surface area contributed by atoms with Crippen molar-refractivity contribution >= 4 is 5.82 Å². The number of ether oxygens (including phenoxy) is 2. The molecule has 1 N–H and O–H groups in total. The van der Waals surface area contributed by atoms with E-state index in [-0.39, 0.29) is 11.6 Å². The number of methoxy groups -OCH3 is 1. The second-order valence-corrected chi connectivity index (χ2v) is 6.88. The molecule has 0 fully saturated rings. The largest absolute Gasteiger partial charge is 0.496 e. The molecule has 2 aromatic rings. The van der Waals surface area contributed by atoms with E-state index in [0.717, 1.165) is 30.3 Å². The summed E-state index contributed by atoms with van der Waals surface area (Å²) in [6.07, 6.45) is 3.15. The molecule has 4 nitrogen and oxygen atoms in total. The van der Waals surface area contributed by atoms with Gasteiger partial charge in [0.25, 0.3) is 5.82 Å². The van der Waals surface area contributed by atoms with Gasteiger partial charge in [0, 0.05) is 17.5 Å². The monoisotopic (exact) mass is 311 g/mol. The maximum absolute atomic E-state index is 6.00. The van der Waals surface area contributed by atoms with Gasteiger partial charge in [0.05, 0.1) is 26.0 Å². The molecule has 0 aliphatic carbocycles. The Morgan fingerprint density at radius 1 is 1.26 bits per heavy atom. The molecule has 0 saturated heterocycles. The Bertz CT molecular complexity index is 742. The van der Waals surface area contributed by atoms with Gasteiger partial charge < -0.3 is 9.47 Å². The highest BCUT2D eigenvalue weighted by atomic mass is 16.5. The van der Waals surface area contributed by atoms with Crippen LogP contribution < -0.4 is 19.4 Å². The van der Waals surface area contributed by atoms with Crippen LogP contribution in [0.2, 0.25) is 0 Å². The van der Waals surface area contributed by atoms with Crippen molar-refractivity contribution in [3.05, 3.63) is 48.2 Å². The summed E-state index contributed by atoms with van der Waals surface area (Å²) in [5.74, 6) is 3.42. The van der Waals surface area contributed by atoms with Gasteiger partial charge in [0.15, 0.2) is 0 Å². The quantitative estimate of drug-likeness (QED) is 0.821. The van der Waals surface area contributed by atoms with Crippen molar-refractivity contribution in [3.63, 3.8) is 0 Å². The Morgan fingerprint density at radius 2 is 2.09 bits per heavy atom. The SMILES string of the molecule is COc1cc[n+]2c(c1)N[C@@H]1c3ccccc3OCC[C@@H]1C2(C)C. The number of pyridine rings is 1. The molecule has 1 aromatic heterocycles. The van der Waals surface area contributed by atoms with E-state index in [2.05, 4.69) is 54.2 Å². The summed E-state index contributed by atoms with van der Waals surface area (Å²) >= 11 is 0. The zero-order valence-corrected chi connectivity index (χ0v) is 13.9. The van der Waals surface area contributed by atoms with Gasteiger partial charge in [-0.1, -0.05) is 18.2 Å². The van der Waals surface area contributed by atoms with Crippen LogP contribution >= 0.6 is 0 Å². The fourth-order valence-corrected chi connectivity index (χ4v) is 4.05. The average molecular weight is 311 g/mol. The van der Waals surface area contributed by atoms with E-state index in [0.29, 0.717) is 5.92 Å². The van der Waals surface area contributed by atoms with Gasteiger partial charge in [-0.3, -0.25) is 5.32 Å². The number of nitrogens with one attached hydrogen (secondary N) is 1. The van der Waals surface area contributed by atoms with E-state index in [1.165, 1.54) is 5.56 Å². The van der Waals surface area contributed by atoms with Crippen molar-refractivity contribution in [3.8, 4) is 11.5 Å². The number of anilines is 1. The molecule has 4 rings (SSSR count). The lowest BCUT2D eigenvalue weighted by atomic mass is 9.75. The molecule has 1 aromatic carbocycles. The van der Waals surface area contributed by atoms with Crippen LogP contribution in [0.5, 0.6) is 11.5 Å². The first-order chi connectivity index (χ1) is 11.1. The van der Waals surface area contributed by atoms with Crippen LogP contribution in [0, 0.1) is 5.92 Å². The summed E-state index contributed by atoms with van der Waals surface area (Å²) in [5.41, 5.74) is 1.25. The van der Waals surface area contributed by atoms with E-state index in [1.54, 1.807) is 7.11 Å². The van der Waals surface area contributed by atoms with Gasteiger partial charge in [-0.05, 0) is 26.3 Å². The highest BCUT2D eigenvalue weighted by Crippen LogP contribution is 2.45. The van der Waals surface area contributed by atoms with Crippen LogP contribution in [0.1, 0.15) is 31.9 Å². The molecule has 0 bridgehead atoms. The van der Waals surface area contributed by atoms with Crippen LogP contribution in [-0.2, 0) is 5.54 Å². The first kappa shape index (κ1) is 14.4. The number of benzene rings is 1. The van der Waals surface area contributed by atoms with Gasteiger partial charge in [0.2, 0.25) is 0 Å². The van der Waals surface area contributed by atoms with Crippen molar-refractivity contribution in [2.24, 2.45) is 5.92 Å². The summed E-state index contributed by atoms with van der Waals surface area (Å²) in [6, 6.07) is 12.7. The molecule has 0 saturated carbocycles. The van der Waals surface area contributed by atoms with Crippen molar-refractivity contribution in [2.75, 3.05) is 19.0 Å². The number of para-hydroxylation sites is 1. The normalized spacial score (nSPS) is 24.1. The lowest BCUT2D eigenvalue weighted by molar-refractivity contribution is -0.758. The number of rotatable bonds is 1. The van der Waals surface area contributed by atoms with Crippen LogP contribution in [-0.4, -0.2) is 13.7 Å². The second-order valence-electron chi connectivity index (χ2n) is 6.88. The zero-order chi connectivity index (χ0) is 16.0. The van der Waals surface area contributed by atoms with E-state index in [1.807, 2.05) is 12.1 Å². The number of aromatic nitrogens is 1. The first-order valence-electron chi connectivity index (χ1n) is 8.19.